The van der Waals surface area contributed by atoms with E-state index in [9.17, 15) is 4.91 Å². The van der Waals surface area contributed by atoms with Gasteiger partial charge in [0.15, 0.2) is 11.5 Å². The van der Waals surface area contributed by atoms with Gasteiger partial charge in [0, 0.05) is 6.20 Å². The largest absolute Gasteiger partial charge is 0.382 e. The van der Waals surface area contributed by atoms with E-state index in [1.807, 2.05) is 0 Å². The molecule has 0 bridgehead atoms. The summed E-state index contributed by atoms with van der Waals surface area (Å²) in [6.07, 6.45) is 1.54. The Morgan fingerprint density at radius 2 is 2.40 bits per heavy atom. The molecule has 0 atom stereocenters. The van der Waals surface area contributed by atoms with E-state index in [0.29, 0.717) is 0 Å². The molecule has 0 fully saturated rings. The van der Waals surface area contributed by atoms with Gasteiger partial charge in [0.05, 0.1) is 0 Å². The summed E-state index contributed by atoms with van der Waals surface area (Å²) in [7, 11) is 0. The van der Waals surface area contributed by atoms with E-state index in [2.05, 4.69) is 10.2 Å². The number of nitrogen functional groups attached to an aromatic ring is 1. The molecule has 4 heteroatoms. The Labute approximate surface area is 58.1 Å². The Morgan fingerprint density at radius 1 is 1.70 bits per heavy atom. The van der Waals surface area contributed by atoms with Crippen LogP contribution in [0.1, 0.15) is 5.56 Å². The Kier molecular flexibility index (Phi) is 1.62. The number of hydrogen-bond donors (Lipinski definition) is 1. The van der Waals surface area contributed by atoms with Gasteiger partial charge in [0.1, 0.15) is 0 Å². The van der Waals surface area contributed by atoms with Crippen LogP contribution in [0.15, 0.2) is 17.4 Å². The third kappa shape index (κ3) is 0.953. The maximum atomic E-state index is 10.1. The lowest BCUT2D eigenvalue weighted by atomic mass is 10.2. The molecule has 0 aliphatic rings. The van der Waals surface area contributed by atoms with Crippen LogP contribution in [0.2, 0.25) is 0 Å². The van der Waals surface area contributed by atoms with Crippen LogP contribution < -0.4 is 5.73 Å². The van der Waals surface area contributed by atoms with Gasteiger partial charge in [-0.25, -0.2) is 4.98 Å². The quantitative estimate of drug-likeness (QED) is 0.594. The van der Waals surface area contributed by atoms with Crippen LogP contribution in [0, 0.1) is 11.8 Å². The molecular weight excluding hydrogens is 130 g/mol. The summed E-state index contributed by atoms with van der Waals surface area (Å²) in [6.45, 7) is 1.76. The second-order valence-electron chi connectivity index (χ2n) is 1.95. The molecule has 10 heavy (non-hydrogen) atoms. The number of rotatable bonds is 1. The summed E-state index contributed by atoms with van der Waals surface area (Å²) >= 11 is 0. The zero-order chi connectivity index (χ0) is 7.56. The number of nitrogens with two attached hydrogens (primary N) is 1. The van der Waals surface area contributed by atoms with E-state index >= 15 is 0 Å². The van der Waals surface area contributed by atoms with Gasteiger partial charge in [-0.3, -0.25) is 0 Å². The zero-order valence-corrected chi connectivity index (χ0v) is 5.53. The third-order valence-electron chi connectivity index (χ3n) is 1.25. The fourth-order valence-corrected chi connectivity index (χ4v) is 0.690. The van der Waals surface area contributed by atoms with E-state index in [0.717, 1.165) is 5.56 Å². The number of pyridine rings is 1. The monoisotopic (exact) mass is 137 g/mol. The molecule has 4 nitrogen and oxygen atoms in total. The van der Waals surface area contributed by atoms with E-state index in [1.165, 1.54) is 0 Å². The molecule has 0 radical (unpaired) electrons. The highest BCUT2D eigenvalue weighted by atomic mass is 16.3. The highest BCUT2D eigenvalue weighted by Crippen LogP contribution is 2.22. The van der Waals surface area contributed by atoms with Crippen LogP contribution in [0.5, 0.6) is 0 Å². The molecule has 1 rings (SSSR count). The van der Waals surface area contributed by atoms with Crippen molar-refractivity contribution in [2.75, 3.05) is 5.73 Å². The fourth-order valence-electron chi connectivity index (χ4n) is 0.690. The van der Waals surface area contributed by atoms with Gasteiger partial charge in [0.25, 0.3) is 0 Å². The topological polar surface area (TPSA) is 68.3 Å². The molecule has 0 aliphatic carbocycles. The number of anilines is 1. The SMILES string of the molecule is Cc1ccnc(N)c1N=O. The van der Waals surface area contributed by atoms with Gasteiger partial charge in [0.2, 0.25) is 0 Å². The Balaban J connectivity index is 3.30. The van der Waals surface area contributed by atoms with Gasteiger partial charge in [-0.15, -0.1) is 4.91 Å². The normalized spacial score (nSPS) is 9.30. The fraction of sp³-hybridized carbons (Fsp3) is 0.167. The minimum absolute atomic E-state index is 0.190. The molecule has 0 aromatic carbocycles. The second-order valence-corrected chi connectivity index (χ2v) is 1.95. The average Bonchev–Trinajstić information content (AvgIpc) is 1.88. The van der Waals surface area contributed by atoms with Crippen LogP contribution in [-0.4, -0.2) is 4.98 Å². The first-order valence-corrected chi connectivity index (χ1v) is 2.80. The van der Waals surface area contributed by atoms with E-state index < -0.39 is 0 Å². The highest BCUT2D eigenvalue weighted by molar-refractivity contribution is 5.61. The number of nitroso groups, excluding NO2 is 1. The molecule has 0 saturated heterocycles. The van der Waals surface area contributed by atoms with Crippen molar-refractivity contribution in [3.63, 3.8) is 0 Å². The van der Waals surface area contributed by atoms with Crippen LogP contribution >= 0.6 is 0 Å². The number of aromatic nitrogens is 1. The Bertz CT molecular complexity index is 239. The molecule has 0 aliphatic heterocycles. The van der Waals surface area contributed by atoms with Gasteiger partial charge in [-0.05, 0) is 23.7 Å². The Hall–Kier alpha value is -1.45. The minimum Gasteiger partial charge on any atom is -0.382 e. The predicted molar refractivity (Wildman–Crippen MR) is 38.8 cm³/mol. The van der Waals surface area contributed by atoms with Crippen molar-refractivity contribution in [3.05, 3.63) is 22.7 Å². The first-order chi connectivity index (χ1) is 4.75. The summed E-state index contributed by atoms with van der Waals surface area (Å²) in [4.78, 5) is 13.8. The standard InChI is InChI=1S/C6H7N3O/c1-4-2-3-8-6(7)5(4)9-10/h2-3H,1H3,(H2,7,8). The second kappa shape index (κ2) is 2.43. The third-order valence-corrected chi connectivity index (χ3v) is 1.25. The Morgan fingerprint density at radius 3 is 2.80 bits per heavy atom. The van der Waals surface area contributed by atoms with Crippen LogP contribution in [0.3, 0.4) is 0 Å². The van der Waals surface area contributed by atoms with Crippen LogP contribution in [0.25, 0.3) is 0 Å². The van der Waals surface area contributed by atoms with Gasteiger partial charge in [-0.1, -0.05) is 0 Å². The number of hydrogen-bond acceptors (Lipinski definition) is 4. The first-order valence-electron chi connectivity index (χ1n) is 2.80. The van der Waals surface area contributed by atoms with E-state index in [4.69, 9.17) is 5.73 Å². The van der Waals surface area contributed by atoms with Crippen LogP contribution in [0.4, 0.5) is 11.5 Å². The summed E-state index contributed by atoms with van der Waals surface area (Å²) in [6, 6.07) is 1.69. The molecule has 1 heterocycles. The minimum atomic E-state index is 0.190. The molecular formula is C6H7N3O. The molecule has 1 aromatic rings. The first kappa shape index (κ1) is 6.67. The number of aryl methyl sites for hydroxylation is 1. The maximum absolute atomic E-state index is 10.1. The van der Waals surface area contributed by atoms with Crippen molar-refractivity contribution >= 4 is 11.5 Å². The lowest BCUT2D eigenvalue weighted by Crippen LogP contribution is -1.90. The summed E-state index contributed by atoms with van der Waals surface area (Å²) in [5, 5.41) is 2.73. The van der Waals surface area contributed by atoms with Gasteiger partial charge in [-0.2, -0.15) is 0 Å². The lowest BCUT2D eigenvalue weighted by Gasteiger charge is -1.96. The predicted octanol–water partition coefficient (Wildman–Crippen LogP) is 1.37. The van der Waals surface area contributed by atoms with Crippen molar-refractivity contribution in [1.82, 2.24) is 4.98 Å². The smallest absolute Gasteiger partial charge is 0.153 e. The zero-order valence-electron chi connectivity index (χ0n) is 5.53. The van der Waals surface area contributed by atoms with Crippen molar-refractivity contribution < 1.29 is 0 Å². The summed E-state index contributed by atoms with van der Waals surface area (Å²) in [5.41, 5.74) is 6.32. The highest BCUT2D eigenvalue weighted by Gasteiger charge is 2.01. The summed E-state index contributed by atoms with van der Waals surface area (Å²) in [5.74, 6) is 0.190. The maximum Gasteiger partial charge on any atom is 0.153 e. The lowest BCUT2D eigenvalue weighted by molar-refractivity contribution is 1.26. The molecule has 1 aromatic heterocycles. The summed E-state index contributed by atoms with van der Waals surface area (Å²) < 4.78 is 0. The van der Waals surface area contributed by atoms with Gasteiger partial charge < -0.3 is 5.73 Å². The van der Waals surface area contributed by atoms with E-state index in [-0.39, 0.29) is 11.5 Å². The molecule has 52 valence electrons. The molecule has 2 N–H and O–H groups in total. The molecule has 0 spiro atoms. The molecule has 0 saturated carbocycles. The van der Waals surface area contributed by atoms with E-state index in [1.54, 1.807) is 19.2 Å². The van der Waals surface area contributed by atoms with Crippen LogP contribution in [-0.2, 0) is 0 Å². The van der Waals surface area contributed by atoms with Crippen molar-refractivity contribution in [2.24, 2.45) is 5.18 Å². The number of nitrogens with zero attached hydrogens (tertiary/aromatic N) is 2. The molecule has 0 unspecified atom stereocenters. The molecule has 0 amide bonds. The van der Waals surface area contributed by atoms with Gasteiger partial charge >= 0.3 is 0 Å². The van der Waals surface area contributed by atoms with Crippen molar-refractivity contribution in [2.45, 2.75) is 6.92 Å². The average molecular weight is 137 g/mol. The van der Waals surface area contributed by atoms with Crippen molar-refractivity contribution in [1.29, 1.82) is 0 Å². The van der Waals surface area contributed by atoms with Crippen molar-refractivity contribution in [3.8, 4) is 0 Å².